The lowest BCUT2D eigenvalue weighted by Crippen LogP contribution is -1.96. The van der Waals surface area contributed by atoms with E-state index >= 15 is 0 Å². The van der Waals surface area contributed by atoms with E-state index in [0.717, 1.165) is 4.90 Å². The lowest BCUT2D eigenvalue weighted by molar-refractivity contribution is 0.195. The number of aliphatic hydroxyl groups excluding tert-OH is 1. The minimum atomic E-state index is -0.676. The Labute approximate surface area is 117 Å². The van der Waals surface area contributed by atoms with Gasteiger partial charge >= 0.3 is 0 Å². The summed E-state index contributed by atoms with van der Waals surface area (Å²) in [7, 11) is 0. The van der Waals surface area contributed by atoms with Crippen LogP contribution in [0.15, 0.2) is 46.2 Å². The topological polar surface area (TPSA) is 20.2 Å². The molecule has 2 rings (SSSR count). The van der Waals surface area contributed by atoms with Crippen LogP contribution in [0.5, 0.6) is 0 Å². The molecule has 0 fully saturated rings. The average molecular weight is 276 g/mol. The molecule has 100 valence electrons. The van der Waals surface area contributed by atoms with Gasteiger partial charge in [0.05, 0.1) is 11.0 Å². The third-order valence-electron chi connectivity index (χ3n) is 3.15. The van der Waals surface area contributed by atoms with Gasteiger partial charge in [-0.1, -0.05) is 30.0 Å². The highest BCUT2D eigenvalue weighted by Crippen LogP contribution is 2.35. The Hall–Kier alpha value is -1.32. The molecule has 0 aromatic heterocycles. The summed E-state index contributed by atoms with van der Waals surface area (Å²) in [6, 6.07) is 10.9. The Bertz CT molecular complexity index is 593. The van der Waals surface area contributed by atoms with Crippen LogP contribution < -0.4 is 0 Å². The lowest BCUT2D eigenvalue weighted by Gasteiger charge is -2.13. The second-order valence-electron chi connectivity index (χ2n) is 4.68. The van der Waals surface area contributed by atoms with Crippen molar-refractivity contribution in [2.24, 2.45) is 0 Å². The maximum Gasteiger partial charge on any atom is 0.137 e. The first-order chi connectivity index (χ1) is 8.99. The Morgan fingerprint density at radius 2 is 1.84 bits per heavy atom. The van der Waals surface area contributed by atoms with E-state index in [4.69, 9.17) is 0 Å². The molecule has 1 N–H and O–H groups in total. The van der Waals surface area contributed by atoms with E-state index in [1.54, 1.807) is 19.1 Å². The van der Waals surface area contributed by atoms with E-state index in [9.17, 15) is 9.50 Å². The van der Waals surface area contributed by atoms with Gasteiger partial charge in [0.2, 0.25) is 0 Å². The zero-order valence-corrected chi connectivity index (χ0v) is 12.1. The molecule has 0 saturated carbocycles. The molecule has 0 amide bonds. The van der Waals surface area contributed by atoms with E-state index < -0.39 is 6.10 Å². The zero-order chi connectivity index (χ0) is 14.0. The second kappa shape index (κ2) is 5.76. The number of halogens is 1. The van der Waals surface area contributed by atoms with Gasteiger partial charge in [0.25, 0.3) is 0 Å². The van der Waals surface area contributed by atoms with Crippen LogP contribution in [-0.4, -0.2) is 5.11 Å². The van der Waals surface area contributed by atoms with Crippen molar-refractivity contribution in [1.82, 2.24) is 0 Å². The van der Waals surface area contributed by atoms with Crippen LogP contribution >= 0.6 is 11.8 Å². The highest BCUT2D eigenvalue weighted by Gasteiger charge is 2.13. The van der Waals surface area contributed by atoms with Gasteiger partial charge < -0.3 is 5.11 Å². The zero-order valence-electron chi connectivity index (χ0n) is 11.3. The Morgan fingerprint density at radius 3 is 2.47 bits per heavy atom. The third-order valence-corrected chi connectivity index (χ3v) is 4.27. The highest BCUT2D eigenvalue weighted by molar-refractivity contribution is 7.99. The van der Waals surface area contributed by atoms with Gasteiger partial charge in [-0.25, -0.2) is 4.39 Å². The molecule has 1 unspecified atom stereocenters. The largest absolute Gasteiger partial charge is 0.389 e. The van der Waals surface area contributed by atoms with Crippen molar-refractivity contribution in [2.75, 3.05) is 0 Å². The number of hydrogen-bond donors (Lipinski definition) is 1. The molecule has 19 heavy (non-hydrogen) atoms. The predicted octanol–water partition coefficient (Wildman–Crippen LogP) is 4.65. The molecule has 0 spiro atoms. The fourth-order valence-corrected chi connectivity index (χ4v) is 2.99. The van der Waals surface area contributed by atoms with Crippen LogP contribution in [0.2, 0.25) is 0 Å². The molecule has 3 heteroatoms. The van der Waals surface area contributed by atoms with E-state index in [1.165, 1.54) is 29.0 Å². The van der Waals surface area contributed by atoms with Crippen LogP contribution in [-0.2, 0) is 0 Å². The standard InChI is InChI=1S/C16H17FOS/c1-10-7-8-13(9-11(10)2)19-16-14(12(3)18)5-4-6-15(16)17/h4-9,12,18H,1-3H3. The maximum atomic E-state index is 13.9. The Balaban J connectivity index is 2.40. The Kier molecular flexibility index (Phi) is 4.27. The lowest BCUT2D eigenvalue weighted by atomic mass is 10.1. The summed E-state index contributed by atoms with van der Waals surface area (Å²) in [6.07, 6.45) is -0.676. The van der Waals surface area contributed by atoms with Crippen LogP contribution in [0.1, 0.15) is 29.7 Å². The van der Waals surface area contributed by atoms with E-state index in [1.807, 2.05) is 32.0 Å². The molecule has 0 saturated heterocycles. The van der Waals surface area contributed by atoms with Crippen LogP contribution in [0.3, 0.4) is 0 Å². The van der Waals surface area contributed by atoms with Gasteiger partial charge in [-0.05, 0) is 55.7 Å². The number of hydrogen-bond acceptors (Lipinski definition) is 2. The smallest absolute Gasteiger partial charge is 0.137 e. The minimum Gasteiger partial charge on any atom is -0.389 e. The SMILES string of the molecule is Cc1ccc(Sc2c(F)cccc2C(C)O)cc1C. The van der Waals surface area contributed by atoms with Gasteiger partial charge in [-0.2, -0.15) is 0 Å². The number of benzene rings is 2. The van der Waals surface area contributed by atoms with Crippen molar-refractivity contribution in [1.29, 1.82) is 0 Å². The van der Waals surface area contributed by atoms with Crippen LogP contribution in [0, 0.1) is 19.7 Å². The van der Waals surface area contributed by atoms with E-state index in [2.05, 4.69) is 0 Å². The number of rotatable bonds is 3. The summed E-state index contributed by atoms with van der Waals surface area (Å²) >= 11 is 1.36. The summed E-state index contributed by atoms with van der Waals surface area (Å²) in [4.78, 5) is 1.48. The first-order valence-electron chi connectivity index (χ1n) is 6.20. The summed E-state index contributed by atoms with van der Waals surface area (Å²) in [5.74, 6) is -0.290. The molecule has 0 heterocycles. The molecule has 1 nitrogen and oxygen atoms in total. The summed E-state index contributed by atoms with van der Waals surface area (Å²) in [5, 5.41) is 9.73. The molecule has 0 radical (unpaired) electrons. The molecule has 0 aliphatic carbocycles. The van der Waals surface area contributed by atoms with Gasteiger partial charge in [0.1, 0.15) is 5.82 Å². The number of aliphatic hydroxyl groups is 1. The second-order valence-corrected chi connectivity index (χ2v) is 5.77. The van der Waals surface area contributed by atoms with Gasteiger partial charge in [0, 0.05) is 4.90 Å². The monoisotopic (exact) mass is 276 g/mol. The molecule has 0 bridgehead atoms. The van der Waals surface area contributed by atoms with E-state index in [0.29, 0.717) is 10.5 Å². The van der Waals surface area contributed by atoms with Gasteiger partial charge in [-0.3, -0.25) is 0 Å². The van der Waals surface area contributed by atoms with Crippen LogP contribution in [0.25, 0.3) is 0 Å². The number of aryl methyl sites for hydroxylation is 2. The van der Waals surface area contributed by atoms with Gasteiger partial charge in [-0.15, -0.1) is 0 Å². The molecular formula is C16H17FOS. The summed E-state index contributed by atoms with van der Waals surface area (Å²) in [5.41, 5.74) is 3.02. The van der Waals surface area contributed by atoms with Crippen molar-refractivity contribution >= 4 is 11.8 Å². The normalized spacial score (nSPS) is 12.5. The van der Waals surface area contributed by atoms with Crippen molar-refractivity contribution in [3.63, 3.8) is 0 Å². The Morgan fingerprint density at radius 1 is 1.11 bits per heavy atom. The quantitative estimate of drug-likeness (QED) is 0.880. The molecule has 2 aromatic rings. The average Bonchev–Trinajstić information content (AvgIpc) is 2.36. The van der Waals surface area contributed by atoms with Crippen molar-refractivity contribution < 1.29 is 9.50 Å². The van der Waals surface area contributed by atoms with Crippen molar-refractivity contribution in [2.45, 2.75) is 36.7 Å². The maximum absolute atomic E-state index is 13.9. The first kappa shape index (κ1) is 14.1. The molecule has 1 atom stereocenters. The summed E-state index contributed by atoms with van der Waals surface area (Å²) in [6.45, 7) is 5.74. The highest BCUT2D eigenvalue weighted by atomic mass is 32.2. The molecule has 2 aromatic carbocycles. The predicted molar refractivity (Wildman–Crippen MR) is 77.1 cm³/mol. The summed E-state index contributed by atoms with van der Waals surface area (Å²) < 4.78 is 13.9. The van der Waals surface area contributed by atoms with Gasteiger partial charge in [0.15, 0.2) is 0 Å². The molecule has 0 aliphatic rings. The molecular weight excluding hydrogens is 259 g/mol. The third kappa shape index (κ3) is 3.17. The van der Waals surface area contributed by atoms with Crippen molar-refractivity contribution in [3.05, 3.63) is 58.9 Å². The van der Waals surface area contributed by atoms with E-state index in [-0.39, 0.29) is 5.82 Å². The molecule has 0 aliphatic heterocycles. The first-order valence-corrected chi connectivity index (χ1v) is 7.02. The fraction of sp³-hybridized carbons (Fsp3) is 0.250. The van der Waals surface area contributed by atoms with Crippen LogP contribution in [0.4, 0.5) is 4.39 Å². The fourth-order valence-electron chi connectivity index (χ4n) is 1.86. The van der Waals surface area contributed by atoms with Crippen molar-refractivity contribution in [3.8, 4) is 0 Å². The minimum absolute atomic E-state index is 0.290.